The lowest BCUT2D eigenvalue weighted by Crippen LogP contribution is -1.94. The molecule has 0 unspecified atom stereocenters. The average molecular weight is 247 g/mol. The van der Waals surface area contributed by atoms with Gasteiger partial charge in [-0.25, -0.2) is 9.37 Å². The highest BCUT2D eigenvalue weighted by Crippen LogP contribution is 2.29. The summed E-state index contributed by atoms with van der Waals surface area (Å²) in [6.07, 6.45) is 0. The molecule has 0 spiro atoms. The first-order valence-corrected chi connectivity index (χ1v) is 5.33. The topological polar surface area (TPSA) is 36.7 Å². The summed E-state index contributed by atoms with van der Waals surface area (Å²) in [6, 6.07) is 9.88. The number of benzene rings is 1. The molecule has 2 nitrogen and oxygen atoms in total. The van der Waals surface area contributed by atoms with Gasteiger partial charge in [0.15, 0.2) is 0 Å². The van der Waals surface area contributed by atoms with E-state index < -0.39 is 0 Å². The molecule has 2 rings (SSSR count). The Hall–Kier alpha value is -1.92. The minimum absolute atomic E-state index is 0.103. The lowest BCUT2D eigenvalue weighted by atomic mass is 10.0. The van der Waals surface area contributed by atoms with Crippen LogP contribution in [0.2, 0.25) is 5.15 Å². The quantitative estimate of drug-likeness (QED) is 0.719. The minimum atomic E-state index is -0.384. The fourth-order valence-electron chi connectivity index (χ4n) is 1.63. The van der Waals surface area contributed by atoms with Crippen molar-refractivity contribution < 1.29 is 4.39 Å². The van der Waals surface area contributed by atoms with Gasteiger partial charge in [0.2, 0.25) is 0 Å². The molecule has 1 aromatic carbocycles. The van der Waals surface area contributed by atoms with Crippen LogP contribution in [0, 0.1) is 24.1 Å². The van der Waals surface area contributed by atoms with Gasteiger partial charge in [0.05, 0.1) is 5.56 Å². The Labute approximate surface area is 103 Å². The summed E-state index contributed by atoms with van der Waals surface area (Å²) < 4.78 is 13.7. The molecule has 0 aliphatic rings. The lowest BCUT2D eigenvalue weighted by molar-refractivity contribution is 0.631. The lowest BCUT2D eigenvalue weighted by Gasteiger charge is -2.07. The molecular weight excluding hydrogens is 239 g/mol. The summed E-state index contributed by atoms with van der Waals surface area (Å²) in [4.78, 5) is 3.98. The number of hydrogen-bond acceptors (Lipinski definition) is 2. The second-order valence-electron chi connectivity index (χ2n) is 3.57. The van der Waals surface area contributed by atoms with E-state index in [1.165, 1.54) is 6.07 Å². The third-order valence-electron chi connectivity index (χ3n) is 2.38. The molecule has 0 amide bonds. The van der Waals surface area contributed by atoms with E-state index in [4.69, 9.17) is 16.9 Å². The van der Waals surface area contributed by atoms with Crippen LogP contribution in [0.15, 0.2) is 30.3 Å². The van der Waals surface area contributed by atoms with Crippen LogP contribution in [0.5, 0.6) is 0 Å². The molecule has 0 saturated heterocycles. The number of rotatable bonds is 1. The number of pyridine rings is 1. The second-order valence-corrected chi connectivity index (χ2v) is 3.93. The van der Waals surface area contributed by atoms with Gasteiger partial charge < -0.3 is 0 Å². The third-order valence-corrected chi connectivity index (χ3v) is 2.65. The van der Waals surface area contributed by atoms with Gasteiger partial charge in [-0.2, -0.15) is 5.26 Å². The van der Waals surface area contributed by atoms with Crippen molar-refractivity contribution in [2.45, 2.75) is 6.92 Å². The van der Waals surface area contributed by atoms with E-state index in [9.17, 15) is 4.39 Å². The zero-order chi connectivity index (χ0) is 12.4. The van der Waals surface area contributed by atoms with E-state index in [1.807, 2.05) is 6.07 Å². The van der Waals surface area contributed by atoms with Crippen molar-refractivity contribution >= 4 is 11.6 Å². The van der Waals surface area contributed by atoms with Crippen LogP contribution < -0.4 is 0 Å². The Morgan fingerprint density at radius 3 is 2.65 bits per heavy atom. The molecule has 2 aromatic rings. The zero-order valence-electron chi connectivity index (χ0n) is 9.04. The number of aryl methyl sites for hydroxylation is 1. The molecule has 0 N–H and O–H groups in total. The van der Waals surface area contributed by atoms with Gasteiger partial charge in [0.25, 0.3) is 0 Å². The summed E-state index contributed by atoms with van der Waals surface area (Å²) in [7, 11) is 0. The van der Waals surface area contributed by atoms with Crippen molar-refractivity contribution in [1.29, 1.82) is 5.26 Å². The monoisotopic (exact) mass is 246 g/mol. The number of nitriles is 1. The van der Waals surface area contributed by atoms with Gasteiger partial charge in [0.1, 0.15) is 17.0 Å². The molecule has 0 aliphatic heterocycles. The number of halogens is 2. The largest absolute Gasteiger partial charge is 0.240 e. The molecule has 17 heavy (non-hydrogen) atoms. The van der Waals surface area contributed by atoms with Crippen molar-refractivity contribution in [1.82, 2.24) is 4.98 Å². The predicted molar refractivity (Wildman–Crippen MR) is 64.1 cm³/mol. The minimum Gasteiger partial charge on any atom is -0.240 e. The molecule has 0 aliphatic carbocycles. The second kappa shape index (κ2) is 4.52. The van der Waals surface area contributed by atoms with Crippen LogP contribution in [-0.4, -0.2) is 4.98 Å². The normalized spacial score (nSPS) is 10.0. The van der Waals surface area contributed by atoms with Crippen LogP contribution >= 0.6 is 11.6 Å². The van der Waals surface area contributed by atoms with E-state index in [2.05, 4.69) is 4.98 Å². The van der Waals surface area contributed by atoms with Crippen molar-refractivity contribution in [3.05, 3.63) is 52.6 Å². The molecule has 84 valence electrons. The molecule has 1 aromatic heterocycles. The van der Waals surface area contributed by atoms with Gasteiger partial charge in [-0.15, -0.1) is 0 Å². The van der Waals surface area contributed by atoms with E-state index in [0.29, 0.717) is 16.8 Å². The van der Waals surface area contributed by atoms with E-state index in [-0.39, 0.29) is 16.5 Å². The summed E-state index contributed by atoms with van der Waals surface area (Å²) in [5, 5.41) is 9.15. The average Bonchev–Trinajstić information content (AvgIpc) is 2.28. The predicted octanol–water partition coefficient (Wildman–Crippen LogP) is 3.72. The summed E-state index contributed by atoms with van der Waals surface area (Å²) in [6.45, 7) is 1.75. The third kappa shape index (κ3) is 2.13. The number of nitrogens with zero attached hydrogens (tertiary/aromatic N) is 2. The number of hydrogen-bond donors (Lipinski definition) is 0. The van der Waals surface area contributed by atoms with Crippen molar-refractivity contribution in [3.63, 3.8) is 0 Å². The van der Waals surface area contributed by atoms with E-state index >= 15 is 0 Å². The molecule has 0 bridgehead atoms. The van der Waals surface area contributed by atoms with Gasteiger partial charge in [-0.1, -0.05) is 29.8 Å². The van der Waals surface area contributed by atoms with Gasteiger partial charge in [-0.3, -0.25) is 0 Å². The highest BCUT2D eigenvalue weighted by molar-refractivity contribution is 6.31. The Balaban J connectivity index is 2.76. The zero-order valence-corrected chi connectivity index (χ0v) is 9.79. The fraction of sp³-hybridized carbons (Fsp3) is 0.0769. The Bertz CT molecular complexity index is 617. The molecule has 0 radical (unpaired) electrons. The maximum absolute atomic E-state index is 13.7. The molecule has 0 atom stereocenters. The molecule has 1 heterocycles. The van der Waals surface area contributed by atoms with E-state index in [0.717, 1.165) is 0 Å². The van der Waals surface area contributed by atoms with Crippen LogP contribution in [0.3, 0.4) is 0 Å². The highest BCUT2D eigenvalue weighted by Gasteiger charge is 2.13. The Kier molecular flexibility index (Phi) is 3.08. The molecular formula is C13H8ClFN2. The summed E-state index contributed by atoms with van der Waals surface area (Å²) in [5.74, 6) is -0.384. The Morgan fingerprint density at radius 2 is 2.00 bits per heavy atom. The first-order valence-electron chi connectivity index (χ1n) is 4.95. The van der Waals surface area contributed by atoms with Crippen molar-refractivity contribution in [2.24, 2.45) is 0 Å². The maximum Gasteiger partial charge on any atom is 0.147 e. The van der Waals surface area contributed by atoms with E-state index in [1.54, 1.807) is 31.2 Å². The summed E-state index contributed by atoms with van der Waals surface area (Å²) in [5.41, 5.74) is 1.68. The van der Waals surface area contributed by atoms with Gasteiger partial charge >= 0.3 is 0 Å². The fourth-order valence-corrected chi connectivity index (χ4v) is 1.91. The van der Waals surface area contributed by atoms with Gasteiger partial charge in [-0.05, 0) is 19.1 Å². The SMILES string of the molecule is Cc1cc(-c2ccccc2F)c(C#N)c(Cl)n1. The van der Waals surface area contributed by atoms with Gasteiger partial charge in [0, 0.05) is 16.8 Å². The first kappa shape index (κ1) is 11.6. The van der Waals surface area contributed by atoms with Crippen LogP contribution in [0.4, 0.5) is 4.39 Å². The maximum atomic E-state index is 13.7. The van der Waals surface area contributed by atoms with Crippen LogP contribution in [0.25, 0.3) is 11.1 Å². The summed E-state index contributed by atoms with van der Waals surface area (Å²) >= 11 is 5.88. The van der Waals surface area contributed by atoms with Crippen LogP contribution in [0.1, 0.15) is 11.3 Å². The molecule has 0 saturated carbocycles. The highest BCUT2D eigenvalue weighted by atomic mass is 35.5. The Morgan fingerprint density at radius 1 is 1.29 bits per heavy atom. The molecule has 4 heteroatoms. The standard InChI is InChI=1S/C13H8ClFN2/c1-8-6-10(11(7-16)13(14)17-8)9-4-2-3-5-12(9)15/h2-6H,1H3. The number of aromatic nitrogens is 1. The van der Waals surface area contributed by atoms with Crippen molar-refractivity contribution in [3.8, 4) is 17.2 Å². The molecule has 0 fully saturated rings. The van der Waals surface area contributed by atoms with Crippen LogP contribution in [-0.2, 0) is 0 Å². The first-order chi connectivity index (χ1) is 8.13. The smallest absolute Gasteiger partial charge is 0.147 e. The van der Waals surface area contributed by atoms with Crippen molar-refractivity contribution in [2.75, 3.05) is 0 Å².